The maximum atomic E-state index is 12.6. The molecule has 0 heterocycles. The number of hydrogen-bond acceptors (Lipinski definition) is 3. The lowest BCUT2D eigenvalue weighted by Crippen LogP contribution is -1.89. The minimum Gasteiger partial charge on any atom is -0.360 e. The number of rotatable bonds is 3. The Kier molecular flexibility index (Phi) is 4.31. The minimum absolute atomic E-state index is 0.311. The summed E-state index contributed by atoms with van der Waals surface area (Å²) in [6.45, 7) is 0. The topological polar surface area (TPSA) is 59.6 Å². The molecule has 16 heavy (non-hydrogen) atoms. The summed E-state index contributed by atoms with van der Waals surface area (Å²) in [5, 5.41) is 19.8. The van der Waals surface area contributed by atoms with Crippen LogP contribution in [-0.4, -0.2) is 0 Å². The van der Waals surface area contributed by atoms with Crippen LogP contribution in [0.3, 0.4) is 0 Å². The van der Waals surface area contributed by atoms with Crippen molar-refractivity contribution in [2.24, 2.45) is 0 Å². The zero-order valence-electron chi connectivity index (χ0n) is 8.31. The Morgan fingerprint density at radius 2 is 1.94 bits per heavy atom. The molecule has 0 bridgehead atoms. The van der Waals surface area contributed by atoms with Crippen molar-refractivity contribution in [1.82, 2.24) is 0 Å². The van der Waals surface area contributed by atoms with Crippen molar-refractivity contribution in [2.75, 3.05) is 5.32 Å². The Labute approximate surface area is 92.7 Å². The quantitative estimate of drug-likeness (QED) is 0.620. The van der Waals surface area contributed by atoms with E-state index in [0.29, 0.717) is 11.3 Å². The second-order valence-electron chi connectivity index (χ2n) is 2.83. The van der Waals surface area contributed by atoms with Crippen molar-refractivity contribution in [2.45, 2.75) is 0 Å². The van der Waals surface area contributed by atoms with Crippen molar-refractivity contribution in [1.29, 1.82) is 10.5 Å². The number of benzene rings is 1. The second-order valence-corrected chi connectivity index (χ2v) is 2.83. The smallest absolute Gasteiger partial charge is 0.123 e. The number of nitrogens with zero attached hydrogens (tertiary/aromatic N) is 2. The summed E-state index contributed by atoms with van der Waals surface area (Å²) < 4.78 is 12.6. The van der Waals surface area contributed by atoms with Gasteiger partial charge in [-0.05, 0) is 30.3 Å². The third-order valence-corrected chi connectivity index (χ3v) is 1.71. The van der Waals surface area contributed by atoms with Crippen LogP contribution in [0, 0.1) is 28.5 Å². The van der Waals surface area contributed by atoms with Crippen LogP contribution >= 0.6 is 0 Å². The summed E-state index contributed by atoms with van der Waals surface area (Å²) in [5.41, 5.74) is 0.977. The van der Waals surface area contributed by atoms with Crippen molar-refractivity contribution in [3.8, 4) is 12.1 Å². The fourth-order valence-electron chi connectivity index (χ4n) is 0.952. The first kappa shape index (κ1) is 11.5. The van der Waals surface area contributed by atoms with Gasteiger partial charge < -0.3 is 5.32 Å². The van der Waals surface area contributed by atoms with Crippen LogP contribution in [0.25, 0.3) is 0 Å². The molecule has 0 spiro atoms. The van der Waals surface area contributed by atoms with Gasteiger partial charge in [0, 0.05) is 18.0 Å². The number of anilines is 1. The highest BCUT2D eigenvalue weighted by molar-refractivity contribution is 5.48. The Morgan fingerprint density at radius 3 is 2.50 bits per heavy atom. The molecule has 1 rings (SSSR count). The van der Waals surface area contributed by atoms with Gasteiger partial charge in [0.1, 0.15) is 11.9 Å². The molecule has 3 nitrogen and oxygen atoms in total. The highest BCUT2D eigenvalue weighted by Gasteiger charge is 1.92. The van der Waals surface area contributed by atoms with Crippen molar-refractivity contribution in [3.63, 3.8) is 0 Å². The van der Waals surface area contributed by atoms with E-state index in [0.717, 1.165) is 0 Å². The van der Waals surface area contributed by atoms with Crippen LogP contribution in [0.4, 0.5) is 10.1 Å². The average Bonchev–Trinajstić information content (AvgIpc) is 2.32. The Balaban J connectivity index is 2.72. The van der Waals surface area contributed by atoms with Gasteiger partial charge in [0.15, 0.2) is 0 Å². The summed E-state index contributed by atoms with van der Waals surface area (Å²) in [6, 6.07) is 9.42. The molecule has 0 amide bonds. The lowest BCUT2D eigenvalue weighted by atomic mass is 10.2. The predicted molar refractivity (Wildman–Crippen MR) is 58.5 cm³/mol. The molecule has 0 aliphatic carbocycles. The molecule has 0 fully saturated rings. The van der Waals surface area contributed by atoms with Gasteiger partial charge in [-0.15, -0.1) is 0 Å². The maximum absolute atomic E-state index is 12.6. The van der Waals surface area contributed by atoms with Crippen LogP contribution in [0.2, 0.25) is 0 Å². The Morgan fingerprint density at radius 1 is 1.25 bits per heavy atom. The Bertz CT molecular complexity index is 486. The first-order valence-corrected chi connectivity index (χ1v) is 4.45. The summed E-state index contributed by atoms with van der Waals surface area (Å²) >= 11 is 0. The lowest BCUT2D eigenvalue weighted by Gasteiger charge is -1.99. The molecule has 1 aromatic carbocycles. The normalized spacial score (nSPS) is 10.8. The van der Waals surface area contributed by atoms with Gasteiger partial charge in [0.2, 0.25) is 0 Å². The van der Waals surface area contributed by atoms with Gasteiger partial charge in [-0.1, -0.05) is 0 Å². The van der Waals surface area contributed by atoms with E-state index in [1.165, 1.54) is 30.5 Å². The molecule has 4 heteroatoms. The zero-order valence-corrected chi connectivity index (χ0v) is 8.31. The fourth-order valence-corrected chi connectivity index (χ4v) is 0.952. The van der Waals surface area contributed by atoms with Crippen molar-refractivity contribution in [3.05, 3.63) is 54.0 Å². The first-order valence-electron chi connectivity index (χ1n) is 4.45. The minimum atomic E-state index is -0.320. The molecule has 0 radical (unpaired) electrons. The van der Waals surface area contributed by atoms with Gasteiger partial charge in [-0.25, -0.2) is 4.39 Å². The summed E-state index contributed by atoms with van der Waals surface area (Å²) in [6.07, 6.45) is 4.04. The highest BCUT2D eigenvalue weighted by atomic mass is 19.1. The van der Waals surface area contributed by atoms with E-state index in [9.17, 15) is 4.39 Å². The summed E-state index contributed by atoms with van der Waals surface area (Å²) in [4.78, 5) is 0. The highest BCUT2D eigenvalue weighted by Crippen LogP contribution is 2.08. The second kappa shape index (κ2) is 6.00. The lowest BCUT2D eigenvalue weighted by molar-refractivity contribution is 0.628. The monoisotopic (exact) mass is 213 g/mol. The van der Waals surface area contributed by atoms with Crippen LogP contribution in [0.5, 0.6) is 0 Å². The van der Waals surface area contributed by atoms with Gasteiger partial charge in [-0.2, -0.15) is 10.5 Å². The molecule has 1 N–H and O–H groups in total. The number of nitriles is 2. The number of allylic oxidation sites excluding steroid dienone is 3. The van der Waals surface area contributed by atoms with E-state index in [2.05, 4.69) is 5.32 Å². The van der Waals surface area contributed by atoms with E-state index in [4.69, 9.17) is 10.5 Å². The van der Waals surface area contributed by atoms with Crippen LogP contribution in [0.15, 0.2) is 48.2 Å². The van der Waals surface area contributed by atoms with E-state index in [-0.39, 0.29) is 5.82 Å². The molecule has 0 atom stereocenters. The SMILES string of the molecule is N#CC=CC(C#N)=CNc1ccc(F)cc1. The standard InChI is InChI=1S/C12H8FN3/c13-11-3-5-12(6-4-11)16-9-10(8-15)2-1-7-14/h1-6,9,16H. The third kappa shape index (κ3) is 3.65. The largest absolute Gasteiger partial charge is 0.360 e. The van der Waals surface area contributed by atoms with E-state index < -0.39 is 0 Å². The molecular formula is C12H8FN3. The van der Waals surface area contributed by atoms with Crippen LogP contribution in [-0.2, 0) is 0 Å². The van der Waals surface area contributed by atoms with Crippen molar-refractivity contribution < 1.29 is 4.39 Å². The molecule has 78 valence electrons. The van der Waals surface area contributed by atoms with E-state index >= 15 is 0 Å². The molecule has 0 unspecified atom stereocenters. The molecule has 0 saturated heterocycles. The molecule has 0 saturated carbocycles. The molecule has 0 aliphatic rings. The molecule has 0 aromatic heterocycles. The number of hydrogen-bond donors (Lipinski definition) is 1. The van der Waals surface area contributed by atoms with Crippen LogP contribution in [0.1, 0.15) is 0 Å². The van der Waals surface area contributed by atoms with Gasteiger partial charge in [-0.3, -0.25) is 0 Å². The van der Waals surface area contributed by atoms with Gasteiger partial charge >= 0.3 is 0 Å². The van der Waals surface area contributed by atoms with Crippen LogP contribution < -0.4 is 5.32 Å². The van der Waals surface area contributed by atoms with E-state index in [1.54, 1.807) is 18.2 Å². The third-order valence-electron chi connectivity index (χ3n) is 1.71. The maximum Gasteiger partial charge on any atom is 0.123 e. The van der Waals surface area contributed by atoms with Gasteiger partial charge in [0.25, 0.3) is 0 Å². The molecular weight excluding hydrogens is 205 g/mol. The molecule has 1 aromatic rings. The van der Waals surface area contributed by atoms with E-state index in [1.807, 2.05) is 6.07 Å². The Hall–Kier alpha value is -2.59. The number of halogens is 1. The zero-order chi connectivity index (χ0) is 11.8. The average molecular weight is 213 g/mol. The molecule has 0 aliphatic heterocycles. The van der Waals surface area contributed by atoms with Gasteiger partial charge in [0.05, 0.1) is 11.6 Å². The summed E-state index contributed by atoms with van der Waals surface area (Å²) in [5.74, 6) is -0.320. The summed E-state index contributed by atoms with van der Waals surface area (Å²) in [7, 11) is 0. The van der Waals surface area contributed by atoms with Crippen molar-refractivity contribution >= 4 is 5.69 Å². The fraction of sp³-hybridized carbons (Fsp3) is 0. The number of nitrogens with one attached hydrogen (secondary N) is 1. The first-order chi connectivity index (χ1) is 7.76. The predicted octanol–water partition coefficient (Wildman–Crippen LogP) is 2.72.